The molecule has 2 heterocycles. The molecule has 0 aliphatic heterocycles. The molecule has 0 aliphatic rings. The van der Waals surface area contributed by atoms with Gasteiger partial charge in [-0.15, -0.1) is 0 Å². The molecule has 2 aromatic heterocycles. The lowest BCUT2D eigenvalue weighted by Crippen LogP contribution is -2.12. The van der Waals surface area contributed by atoms with E-state index in [9.17, 15) is 8.42 Å². The lowest BCUT2D eigenvalue weighted by Gasteiger charge is -1.99. The Bertz CT molecular complexity index is 629. The fourth-order valence-electron chi connectivity index (χ4n) is 1.50. The van der Waals surface area contributed by atoms with E-state index in [1.165, 1.54) is 6.07 Å². The second kappa shape index (κ2) is 4.92. The van der Waals surface area contributed by atoms with Crippen LogP contribution >= 0.6 is 0 Å². The highest BCUT2D eigenvalue weighted by Crippen LogP contribution is 2.11. The number of hydrogen-bond acceptors (Lipinski definition) is 5. The number of primary sulfonamides is 1. The molecule has 18 heavy (non-hydrogen) atoms. The highest BCUT2D eigenvalue weighted by Gasteiger charge is 2.12. The van der Waals surface area contributed by atoms with Gasteiger partial charge >= 0.3 is 0 Å². The minimum atomic E-state index is -3.76. The Morgan fingerprint density at radius 1 is 1.44 bits per heavy atom. The first-order chi connectivity index (χ1) is 8.45. The second-order valence-electron chi connectivity index (χ2n) is 3.89. The van der Waals surface area contributed by atoms with Gasteiger partial charge in [-0.25, -0.2) is 13.6 Å². The number of nitrogens with one attached hydrogen (secondary N) is 1. The highest BCUT2D eigenvalue weighted by molar-refractivity contribution is 7.89. The number of nitrogens with two attached hydrogens (primary N) is 1. The smallest absolute Gasteiger partial charge is 0.271 e. The average Bonchev–Trinajstić information content (AvgIpc) is 2.87. The van der Waals surface area contributed by atoms with Gasteiger partial charge in [-0.05, 0) is 12.1 Å². The molecule has 0 aromatic carbocycles. The summed E-state index contributed by atoms with van der Waals surface area (Å²) in [6, 6.07) is 2.92. The second-order valence-corrected chi connectivity index (χ2v) is 5.38. The van der Waals surface area contributed by atoms with Gasteiger partial charge in [-0.3, -0.25) is 4.68 Å². The summed E-state index contributed by atoms with van der Waals surface area (Å²) in [5.74, 6) is 0.517. The summed E-state index contributed by atoms with van der Waals surface area (Å²) < 4.78 is 28.8. The van der Waals surface area contributed by atoms with Crippen LogP contribution in [0.25, 0.3) is 0 Å². The molecule has 0 spiro atoms. The van der Waals surface area contributed by atoms with Crippen molar-refractivity contribution in [2.75, 3.05) is 0 Å². The largest absolute Gasteiger partial charge is 0.447 e. The molecule has 98 valence electrons. The molecule has 0 fully saturated rings. The van der Waals surface area contributed by atoms with Gasteiger partial charge in [-0.1, -0.05) is 0 Å². The van der Waals surface area contributed by atoms with Crippen molar-refractivity contribution in [1.29, 1.82) is 0 Å². The first-order valence-corrected chi connectivity index (χ1v) is 6.79. The summed E-state index contributed by atoms with van der Waals surface area (Å²) in [7, 11) is -1.92. The summed E-state index contributed by atoms with van der Waals surface area (Å²) >= 11 is 0. The maximum absolute atomic E-state index is 11.0. The topological polar surface area (TPSA) is 103 Å². The minimum absolute atomic E-state index is 0.222. The molecule has 0 unspecified atom stereocenters. The van der Waals surface area contributed by atoms with Crippen LogP contribution in [0.15, 0.2) is 34.0 Å². The van der Waals surface area contributed by atoms with E-state index in [0.717, 1.165) is 5.56 Å². The third-order valence-corrected chi connectivity index (χ3v) is 3.08. The van der Waals surface area contributed by atoms with Gasteiger partial charge in [0.25, 0.3) is 10.0 Å². The first-order valence-electron chi connectivity index (χ1n) is 5.25. The lowest BCUT2D eigenvalue weighted by atomic mass is 10.3. The summed E-state index contributed by atoms with van der Waals surface area (Å²) in [6.07, 6.45) is 3.65. The predicted molar refractivity (Wildman–Crippen MR) is 63.8 cm³/mol. The molecule has 0 atom stereocenters. The number of nitrogens with zero attached hydrogens (tertiary/aromatic N) is 2. The fourth-order valence-corrected chi connectivity index (χ4v) is 1.98. The lowest BCUT2D eigenvalue weighted by molar-refractivity contribution is 0.402. The molecule has 7 nitrogen and oxygen atoms in total. The van der Waals surface area contributed by atoms with Crippen LogP contribution < -0.4 is 10.5 Å². The fraction of sp³-hybridized carbons (Fsp3) is 0.300. The Labute approximate surface area is 105 Å². The van der Waals surface area contributed by atoms with E-state index in [1.807, 2.05) is 13.2 Å². The third-order valence-electron chi connectivity index (χ3n) is 2.30. The number of rotatable bonds is 5. The van der Waals surface area contributed by atoms with Crippen LogP contribution in [0.4, 0.5) is 0 Å². The van der Waals surface area contributed by atoms with Crippen LogP contribution in [0, 0.1) is 0 Å². The molecule has 2 aromatic rings. The maximum atomic E-state index is 11.0. The molecule has 0 radical (unpaired) electrons. The molecule has 3 N–H and O–H groups in total. The van der Waals surface area contributed by atoms with Gasteiger partial charge in [0.1, 0.15) is 5.76 Å². The molecule has 0 saturated heterocycles. The minimum Gasteiger partial charge on any atom is -0.447 e. The Balaban J connectivity index is 1.89. The number of hydrogen-bond donors (Lipinski definition) is 2. The van der Waals surface area contributed by atoms with Crippen LogP contribution in [-0.4, -0.2) is 18.2 Å². The Kier molecular flexibility index (Phi) is 3.50. The average molecular weight is 270 g/mol. The maximum Gasteiger partial charge on any atom is 0.271 e. The number of furan rings is 1. The Morgan fingerprint density at radius 2 is 2.22 bits per heavy atom. The number of sulfonamides is 1. The van der Waals surface area contributed by atoms with E-state index in [0.29, 0.717) is 18.8 Å². The van der Waals surface area contributed by atoms with Crippen molar-refractivity contribution in [3.63, 3.8) is 0 Å². The van der Waals surface area contributed by atoms with Crippen molar-refractivity contribution in [2.24, 2.45) is 12.2 Å². The van der Waals surface area contributed by atoms with Crippen molar-refractivity contribution in [3.05, 3.63) is 35.9 Å². The normalized spacial score (nSPS) is 11.9. The van der Waals surface area contributed by atoms with E-state index in [1.54, 1.807) is 16.9 Å². The molecule has 0 bridgehead atoms. The van der Waals surface area contributed by atoms with E-state index in [-0.39, 0.29) is 5.09 Å². The van der Waals surface area contributed by atoms with E-state index in [2.05, 4.69) is 10.4 Å². The zero-order valence-corrected chi connectivity index (χ0v) is 10.6. The number of aryl methyl sites for hydroxylation is 1. The third kappa shape index (κ3) is 3.19. The van der Waals surface area contributed by atoms with Crippen molar-refractivity contribution in [1.82, 2.24) is 15.1 Å². The van der Waals surface area contributed by atoms with E-state index < -0.39 is 10.0 Å². The van der Waals surface area contributed by atoms with Gasteiger partial charge in [0.15, 0.2) is 0 Å². The number of aromatic nitrogens is 2. The van der Waals surface area contributed by atoms with E-state index in [4.69, 9.17) is 9.56 Å². The summed E-state index contributed by atoms with van der Waals surface area (Å²) in [5.41, 5.74) is 1.04. The quantitative estimate of drug-likeness (QED) is 0.793. The van der Waals surface area contributed by atoms with Crippen LogP contribution in [0.2, 0.25) is 0 Å². The molecule has 8 heteroatoms. The molecule has 0 amide bonds. The molecule has 0 aliphatic carbocycles. The van der Waals surface area contributed by atoms with E-state index >= 15 is 0 Å². The molecule has 2 rings (SSSR count). The molecule has 0 saturated carbocycles. The van der Waals surface area contributed by atoms with Gasteiger partial charge in [0.05, 0.1) is 12.7 Å². The highest BCUT2D eigenvalue weighted by atomic mass is 32.2. The molecular weight excluding hydrogens is 256 g/mol. The van der Waals surface area contributed by atoms with Crippen LogP contribution in [-0.2, 0) is 30.2 Å². The Hall–Kier alpha value is -1.64. The van der Waals surface area contributed by atoms with Gasteiger partial charge in [0.2, 0.25) is 5.09 Å². The summed E-state index contributed by atoms with van der Waals surface area (Å²) in [6.45, 7) is 1.05. The van der Waals surface area contributed by atoms with Crippen molar-refractivity contribution in [2.45, 2.75) is 18.2 Å². The summed E-state index contributed by atoms with van der Waals surface area (Å²) in [4.78, 5) is 0. The van der Waals surface area contributed by atoms with Gasteiger partial charge in [-0.2, -0.15) is 5.10 Å². The van der Waals surface area contributed by atoms with Gasteiger partial charge in [0, 0.05) is 25.4 Å². The predicted octanol–water partition coefficient (Wildman–Crippen LogP) is -0.0497. The standard InChI is InChI=1S/C10H14N4O3S/c1-14-7-8(5-13-14)4-12-6-9-2-3-10(17-9)18(11,15)16/h2-3,5,7,12H,4,6H2,1H3,(H2,11,15,16). The SMILES string of the molecule is Cn1cc(CNCc2ccc(S(N)(=O)=O)o2)cn1. The van der Waals surface area contributed by atoms with Gasteiger partial charge < -0.3 is 9.73 Å². The first kappa shape index (κ1) is 12.8. The van der Waals surface area contributed by atoms with Crippen molar-refractivity contribution < 1.29 is 12.8 Å². The van der Waals surface area contributed by atoms with Crippen LogP contribution in [0.3, 0.4) is 0 Å². The van der Waals surface area contributed by atoms with Crippen LogP contribution in [0.5, 0.6) is 0 Å². The summed E-state index contributed by atoms with van der Waals surface area (Å²) in [5, 5.41) is 11.9. The zero-order chi connectivity index (χ0) is 13.2. The van der Waals surface area contributed by atoms with Crippen molar-refractivity contribution >= 4 is 10.0 Å². The molecular formula is C10H14N4O3S. The van der Waals surface area contributed by atoms with Crippen LogP contribution in [0.1, 0.15) is 11.3 Å². The monoisotopic (exact) mass is 270 g/mol. The Morgan fingerprint density at radius 3 is 2.78 bits per heavy atom. The zero-order valence-electron chi connectivity index (χ0n) is 9.83. The van der Waals surface area contributed by atoms with Crippen molar-refractivity contribution in [3.8, 4) is 0 Å².